The molecule has 1 aromatic heterocycles. The van der Waals surface area contributed by atoms with Crippen LogP contribution in [0.1, 0.15) is 22.3 Å². The predicted molar refractivity (Wildman–Crippen MR) is 90.3 cm³/mol. The third-order valence-electron chi connectivity index (χ3n) is 3.86. The zero-order valence-electron chi connectivity index (χ0n) is 13.2. The van der Waals surface area contributed by atoms with Gasteiger partial charge < -0.3 is 9.64 Å². The van der Waals surface area contributed by atoms with Gasteiger partial charge in [-0.3, -0.25) is 10.1 Å². The van der Waals surface area contributed by atoms with Crippen LogP contribution in [0, 0.1) is 6.92 Å². The Morgan fingerprint density at radius 1 is 1.35 bits per heavy atom. The van der Waals surface area contributed by atoms with Gasteiger partial charge in [-0.1, -0.05) is 30.3 Å². The van der Waals surface area contributed by atoms with Crippen molar-refractivity contribution in [1.82, 2.24) is 15.2 Å². The fraction of sp³-hybridized carbons (Fsp3) is 0.412. The molecule has 1 N–H and O–H groups in total. The van der Waals surface area contributed by atoms with Crippen LogP contribution in [0.25, 0.3) is 0 Å². The second kappa shape index (κ2) is 7.68. The number of rotatable bonds is 5. The molecule has 1 aromatic carbocycles. The lowest BCUT2D eigenvalue weighted by Crippen LogP contribution is -2.46. The van der Waals surface area contributed by atoms with Crippen LogP contribution in [0.2, 0.25) is 0 Å². The summed E-state index contributed by atoms with van der Waals surface area (Å²) in [5.74, 6) is 0.103. The lowest BCUT2D eigenvalue weighted by atomic mass is 10.1. The van der Waals surface area contributed by atoms with Gasteiger partial charge >= 0.3 is 0 Å². The average molecular weight is 331 g/mol. The molecule has 0 unspecified atom stereocenters. The van der Waals surface area contributed by atoms with Gasteiger partial charge in [0.15, 0.2) is 0 Å². The molecule has 6 heteroatoms. The molecule has 1 saturated heterocycles. The maximum Gasteiger partial charge on any atom is 0.244 e. The minimum absolute atomic E-state index is 0.103. The number of hydrogen-bond donors (Lipinski definition) is 1. The van der Waals surface area contributed by atoms with E-state index in [-0.39, 0.29) is 11.9 Å². The van der Waals surface area contributed by atoms with E-state index in [1.165, 1.54) is 0 Å². The van der Waals surface area contributed by atoms with Crippen LogP contribution in [-0.4, -0.2) is 42.1 Å². The summed E-state index contributed by atoms with van der Waals surface area (Å²) in [5, 5.41) is 6.45. The summed E-state index contributed by atoms with van der Waals surface area (Å²) in [7, 11) is 0. The molecule has 1 aliphatic heterocycles. The van der Waals surface area contributed by atoms with Crippen LogP contribution in [0.5, 0.6) is 0 Å². The third-order valence-corrected chi connectivity index (χ3v) is 4.68. The van der Waals surface area contributed by atoms with Gasteiger partial charge in [0.25, 0.3) is 0 Å². The second-order valence-electron chi connectivity index (χ2n) is 5.52. The van der Waals surface area contributed by atoms with Gasteiger partial charge in [-0.25, -0.2) is 4.98 Å². The zero-order valence-corrected chi connectivity index (χ0v) is 14.0. The molecule has 0 bridgehead atoms. The first-order valence-electron chi connectivity index (χ1n) is 7.80. The van der Waals surface area contributed by atoms with Crippen molar-refractivity contribution in [2.24, 2.45) is 0 Å². The van der Waals surface area contributed by atoms with E-state index >= 15 is 0 Å². The van der Waals surface area contributed by atoms with Crippen LogP contribution in [0.3, 0.4) is 0 Å². The van der Waals surface area contributed by atoms with Gasteiger partial charge in [0.05, 0.1) is 23.9 Å². The van der Waals surface area contributed by atoms with E-state index in [1.807, 2.05) is 47.5 Å². The maximum atomic E-state index is 12.9. The number of carbonyl (C=O) groups excluding carboxylic acids is 1. The van der Waals surface area contributed by atoms with Crippen LogP contribution < -0.4 is 5.32 Å². The smallest absolute Gasteiger partial charge is 0.244 e. The Morgan fingerprint density at radius 2 is 2.09 bits per heavy atom. The van der Waals surface area contributed by atoms with Gasteiger partial charge in [-0.15, -0.1) is 11.3 Å². The molecule has 0 radical (unpaired) electrons. The van der Waals surface area contributed by atoms with Crippen molar-refractivity contribution in [3.63, 3.8) is 0 Å². The zero-order chi connectivity index (χ0) is 16.1. The molecule has 5 nitrogen and oxygen atoms in total. The SMILES string of the molecule is Cc1nc(CN[C@H](C(=O)N2CCOCC2)c2ccccc2)cs1. The number of nitrogens with one attached hydrogen (secondary N) is 1. The van der Waals surface area contributed by atoms with E-state index in [1.54, 1.807) is 11.3 Å². The lowest BCUT2D eigenvalue weighted by molar-refractivity contribution is -0.137. The first-order chi connectivity index (χ1) is 11.2. The summed E-state index contributed by atoms with van der Waals surface area (Å²) in [6, 6.07) is 9.51. The third kappa shape index (κ3) is 4.16. The van der Waals surface area contributed by atoms with Gasteiger partial charge in [0.2, 0.25) is 5.91 Å². The number of morpholine rings is 1. The van der Waals surface area contributed by atoms with Gasteiger partial charge in [0.1, 0.15) is 6.04 Å². The van der Waals surface area contributed by atoms with Crippen LogP contribution in [-0.2, 0) is 16.1 Å². The largest absolute Gasteiger partial charge is 0.378 e. The Kier molecular flexibility index (Phi) is 5.38. The topological polar surface area (TPSA) is 54.5 Å². The van der Waals surface area contributed by atoms with Crippen LogP contribution in [0.4, 0.5) is 0 Å². The van der Waals surface area contributed by atoms with E-state index < -0.39 is 0 Å². The molecule has 1 aliphatic rings. The summed E-state index contributed by atoms with van der Waals surface area (Å²) < 4.78 is 5.34. The standard InChI is InChI=1S/C17H21N3O2S/c1-13-19-15(12-23-13)11-18-16(14-5-3-2-4-6-14)17(21)20-7-9-22-10-8-20/h2-6,12,16,18H,7-11H2,1H3/t16-/m0/s1. The Balaban J connectivity index is 1.74. The number of amides is 1. The molecular formula is C17H21N3O2S. The maximum absolute atomic E-state index is 12.9. The van der Waals surface area contributed by atoms with Crippen molar-refractivity contribution in [3.05, 3.63) is 52.0 Å². The lowest BCUT2D eigenvalue weighted by Gasteiger charge is -2.31. The first-order valence-corrected chi connectivity index (χ1v) is 8.68. The fourth-order valence-corrected chi connectivity index (χ4v) is 3.27. The minimum Gasteiger partial charge on any atom is -0.378 e. The number of ether oxygens (including phenoxy) is 1. The Labute approximate surface area is 140 Å². The molecule has 1 fully saturated rings. The van der Waals surface area contributed by atoms with E-state index in [0.717, 1.165) is 16.3 Å². The number of carbonyl (C=O) groups is 1. The van der Waals surface area contributed by atoms with Gasteiger partial charge in [-0.2, -0.15) is 0 Å². The van der Waals surface area contributed by atoms with E-state index in [9.17, 15) is 4.79 Å². The summed E-state index contributed by atoms with van der Waals surface area (Å²) in [4.78, 5) is 19.2. The highest BCUT2D eigenvalue weighted by molar-refractivity contribution is 7.09. The number of nitrogens with zero attached hydrogens (tertiary/aromatic N) is 2. The summed E-state index contributed by atoms with van der Waals surface area (Å²) >= 11 is 1.63. The Bertz CT molecular complexity index is 638. The molecule has 2 aromatic rings. The highest BCUT2D eigenvalue weighted by Crippen LogP contribution is 2.18. The number of aryl methyl sites for hydroxylation is 1. The number of aromatic nitrogens is 1. The highest BCUT2D eigenvalue weighted by atomic mass is 32.1. The van der Waals surface area contributed by atoms with Crippen LogP contribution in [0.15, 0.2) is 35.7 Å². The number of thiazole rings is 1. The van der Waals surface area contributed by atoms with Crippen LogP contribution >= 0.6 is 11.3 Å². The Hall–Kier alpha value is -1.76. The molecule has 122 valence electrons. The quantitative estimate of drug-likeness (QED) is 0.912. The van der Waals surface area contributed by atoms with E-state index in [0.29, 0.717) is 32.8 Å². The highest BCUT2D eigenvalue weighted by Gasteiger charge is 2.26. The molecule has 0 aliphatic carbocycles. The van der Waals surface area contributed by atoms with Gasteiger partial charge in [0, 0.05) is 25.0 Å². The van der Waals surface area contributed by atoms with Crippen molar-refractivity contribution >= 4 is 17.2 Å². The normalized spacial score (nSPS) is 16.3. The molecule has 1 amide bonds. The number of hydrogen-bond acceptors (Lipinski definition) is 5. The molecule has 23 heavy (non-hydrogen) atoms. The van der Waals surface area contributed by atoms with Crippen molar-refractivity contribution in [3.8, 4) is 0 Å². The van der Waals surface area contributed by atoms with Crippen molar-refractivity contribution in [1.29, 1.82) is 0 Å². The Morgan fingerprint density at radius 3 is 2.74 bits per heavy atom. The second-order valence-corrected chi connectivity index (χ2v) is 6.58. The van der Waals surface area contributed by atoms with Crippen molar-refractivity contribution in [2.75, 3.05) is 26.3 Å². The van der Waals surface area contributed by atoms with Crippen molar-refractivity contribution in [2.45, 2.75) is 19.5 Å². The summed E-state index contributed by atoms with van der Waals surface area (Å²) in [5.41, 5.74) is 1.96. The molecule has 3 rings (SSSR count). The predicted octanol–water partition coefficient (Wildman–Crippen LogP) is 2.14. The van der Waals surface area contributed by atoms with Gasteiger partial charge in [-0.05, 0) is 12.5 Å². The fourth-order valence-electron chi connectivity index (χ4n) is 2.66. The molecule has 1 atom stereocenters. The molecule has 0 spiro atoms. The first kappa shape index (κ1) is 16.1. The average Bonchev–Trinajstić information content (AvgIpc) is 3.02. The molecular weight excluding hydrogens is 310 g/mol. The summed E-state index contributed by atoms with van der Waals surface area (Å²) in [6.07, 6.45) is 0. The molecule has 2 heterocycles. The van der Waals surface area contributed by atoms with E-state index in [2.05, 4.69) is 10.3 Å². The number of benzene rings is 1. The van der Waals surface area contributed by atoms with Crippen molar-refractivity contribution < 1.29 is 9.53 Å². The molecule has 0 saturated carbocycles. The summed E-state index contributed by atoms with van der Waals surface area (Å²) in [6.45, 7) is 5.10. The van der Waals surface area contributed by atoms with E-state index in [4.69, 9.17) is 4.74 Å². The minimum atomic E-state index is -0.351. The monoisotopic (exact) mass is 331 g/mol.